The van der Waals surface area contributed by atoms with E-state index < -0.39 is 5.60 Å². The predicted octanol–water partition coefficient (Wildman–Crippen LogP) is 6.45. The van der Waals surface area contributed by atoms with E-state index in [1.165, 1.54) is 10.8 Å². The second-order valence-electron chi connectivity index (χ2n) is 8.72. The van der Waals surface area contributed by atoms with E-state index >= 15 is 0 Å². The van der Waals surface area contributed by atoms with Gasteiger partial charge in [-0.1, -0.05) is 34.1 Å². The maximum atomic E-state index is 12.8. The van der Waals surface area contributed by atoms with E-state index in [4.69, 9.17) is 4.74 Å². The van der Waals surface area contributed by atoms with Crippen LogP contribution in [0.2, 0.25) is 0 Å². The van der Waals surface area contributed by atoms with Crippen LogP contribution in [-0.4, -0.2) is 32.6 Å². The molecule has 29 heavy (non-hydrogen) atoms. The maximum Gasteiger partial charge on any atom is 0.411 e. The minimum absolute atomic E-state index is 0.0926. The van der Waals surface area contributed by atoms with Crippen LogP contribution >= 0.6 is 15.9 Å². The third-order valence-electron chi connectivity index (χ3n) is 5.30. The summed E-state index contributed by atoms with van der Waals surface area (Å²) in [6.45, 7) is 7.74. The van der Waals surface area contributed by atoms with Crippen molar-refractivity contribution in [3.8, 4) is 11.3 Å². The summed E-state index contributed by atoms with van der Waals surface area (Å²) < 4.78 is 6.70. The Morgan fingerprint density at radius 1 is 1.17 bits per heavy atom. The molecule has 0 unspecified atom stereocenters. The van der Waals surface area contributed by atoms with Gasteiger partial charge >= 0.3 is 6.09 Å². The number of carbonyl (C=O) groups excluding carboxylic acids is 1. The lowest BCUT2D eigenvalue weighted by molar-refractivity contribution is 0.0152. The van der Waals surface area contributed by atoms with Gasteiger partial charge in [0.25, 0.3) is 0 Å². The monoisotopic (exact) mass is 455 g/mol. The van der Waals surface area contributed by atoms with Crippen LogP contribution in [0.1, 0.15) is 52.4 Å². The molecule has 152 valence electrons. The number of fused-ring (bicyclic) bond motifs is 1. The Hall–Kier alpha value is -2.34. The normalized spacial score (nSPS) is 19.7. The molecule has 1 aliphatic rings. The summed E-state index contributed by atoms with van der Waals surface area (Å²) in [5.41, 5.74) is 1.51. The van der Waals surface area contributed by atoms with Gasteiger partial charge in [-0.05, 0) is 69.5 Å². The number of hydrogen-bond acceptors (Lipinski definition) is 3. The number of ether oxygens (including phenoxy) is 1. The Kier molecular flexibility index (Phi) is 5.15. The highest BCUT2D eigenvalue weighted by molar-refractivity contribution is 9.10. The van der Waals surface area contributed by atoms with Crippen LogP contribution in [0.25, 0.3) is 22.0 Å². The third kappa shape index (κ3) is 4.17. The molecular weight excluding hydrogens is 430 g/mol. The molecule has 2 atom stereocenters. The van der Waals surface area contributed by atoms with Crippen LogP contribution in [0.5, 0.6) is 0 Å². The number of aromatic nitrogens is 2. The summed E-state index contributed by atoms with van der Waals surface area (Å²) >= 11 is 3.52. The first kappa shape index (κ1) is 20.0. The lowest BCUT2D eigenvalue weighted by Crippen LogP contribution is -2.40. The Morgan fingerprint density at radius 2 is 1.90 bits per heavy atom. The third-order valence-corrected chi connectivity index (χ3v) is 5.79. The Morgan fingerprint density at radius 3 is 2.66 bits per heavy atom. The number of imidazole rings is 1. The molecule has 0 saturated carbocycles. The highest BCUT2D eigenvalue weighted by Gasteiger charge is 2.39. The van der Waals surface area contributed by atoms with Gasteiger partial charge in [0.1, 0.15) is 11.4 Å². The van der Waals surface area contributed by atoms with Crippen molar-refractivity contribution in [1.29, 1.82) is 0 Å². The zero-order valence-electron chi connectivity index (χ0n) is 17.2. The van der Waals surface area contributed by atoms with E-state index in [0.717, 1.165) is 34.4 Å². The Balaban J connectivity index is 1.61. The first-order valence-corrected chi connectivity index (χ1v) is 10.8. The number of rotatable bonds is 2. The molecule has 2 aromatic carbocycles. The largest absolute Gasteiger partial charge is 0.444 e. The summed E-state index contributed by atoms with van der Waals surface area (Å²) in [6, 6.07) is 12.6. The molecule has 0 spiro atoms. The number of carbonyl (C=O) groups is 1. The zero-order valence-corrected chi connectivity index (χ0v) is 18.8. The van der Waals surface area contributed by atoms with Crippen LogP contribution < -0.4 is 0 Å². The van der Waals surface area contributed by atoms with Crippen LogP contribution in [-0.2, 0) is 4.74 Å². The highest BCUT2D eigenvalue weighted by atomic mass is 79.9. The van der Waals surface area contributed by atoms with Gasteiger partial charge in [-0.3, -0.25) is 4.90 Å². The topological polar surface area (TPSA) is 58.2 Å². The van der Waals surface area contributed by atoms with Gasteiger partial charge in [0.2, 0.25) is 0 Å². The average molecular weight is 456 g/mol. The number of halogens is 1. The number of likely N-dealkylation sites (tertiary alicyclic amines) is 1. The quantitative estimate of drug-likeness (QED) is 0.482. The number of nitrogens with zero attached hydrogens (tertiary/aromatic N) is 2. The smallest absolute Gasteiger partial charge is 0.411 e. The van der Waals surface area contributed by atoms with Crippen molar-refractivity contribution in [3.63, 3.8) is 0 Å². The molecule has 3 aromatic rings. The van der Waals surface area contributed by atoms with Crippen molar-refractivity contribution in [1.82, 2.24) is 14.9 Å². The highest BCUT2D eigenvalue weighted by Crippen LogP contribution is 2.37. The fourth-order valence-electron chi connectivity index (χ4n) is 3.91. The second-order valence-corrected chi connectivity index (χ2v) is 9.63. The predicted molar refractivity (Wildman–Crippen MR) is 119 cm³/mol. The van der Waals surface area contributed by atoms with Crippen molar-refractivity contribution in [2.45, 2.75) is 58.2 Å². The minimum atomic E-state index is -0.516. The van der Waals surface area contributed by atoms with Gasteiger partial charge in [0.15, 0.2) is 0 Å². The van der Waals surface area contributed by atoms with Crippen molar-refractivity contribution in [2.75, 3.05) is 0 Å². The van der Waals surface area contributed by atoms with E-state index in [-0.39, 0.29) is 18.2 Å². The summed E-state index contributed by atoms with van der Waals surface area (Å²) in [5, 5.41) is 2.36. The van der Waals surface area contributed by atoms with E-state index in [1.807, 2.05) is 37.9 Å². The number of aromatic amines is 1. The number of amides is 1. The molecule has 1 aromatic heterocycles. The van der Waals surface area contributed by atoms with Gasteiger partial charge in [-0.25, -0.2) is 9.78 Å². The lowest BCUT2D eigenvalue weighted by Gasteiger charge is -2.30. The van der Waals surface area contributed by atoms with Gasteiger partial charge in [0.05, 0.1) is 17.9 Å². The molecule has 2 heterocycles. The van der Waals surface area contributed by atoms with Gasteiger partial charge in [0, 0.05) is 16.1 Å². The molecule has 1 N–H and O–H groups in total. The minimum Gasteiger partial charge on any atom is -0.444 e. The van der Waals surface area contributed by atoms with Crippen LogP contribution in [0.3, 0.4) is 0 Å². The molecule has 0 bridgehead atoms. The lowest BCUT2D eigenvalue weighted by atomic mass is 10.1. The molecule has 1 saturated heterocycles. The van der Waals surface area contributed by atoms with Crippen molar-refractivity contribution in [2.24, 2.45) is 0 Å². The summed E-state index contributed by atoms with van der Waals surface area (Å²) in [7, 11) is 0. The van der Waals surface area contributed by atoms with Crippen molar-refractivity contribution >= 4 is 32.8 Å². The average Bonchev–Trinajstić information content (AvgIpc) is 3.26. The fraction of sp³-hybridized carbons (Fsp3) is 0.391. The molecule has 1 fully saturated rings. The summed E-state index contributed by atoms with van der Waals surface area (Å²) in [6.07, 6.45) is 3.39. The van der Waals surface area contributed by atoms with Gasteiger partial charge in [-0.2, -0.15) is 0 Å². The van der Waals surface area contributed by atoms with Crippen LogP contribution in [0, 0.1) is 0 Å². The standard InChI is InChI=1S/C23H26BrN3O2/c1-14-5-10-20(27(14)22(28)29-23(2,3)4)21-25-13-19(26-21)17-7-6-16-12-18(24)9-8-15(16)11-17/h6-9,11-14,20H,5,10H2,1-4H3,(H,25,26)/t14-,20-/m0/s1. The Bertz CT molecular complexity index is 1050. The molecule has 5 nitrogen and oxygen atoms in total. The molecule has 6 heteroatoms. The van der Waals surface area contributed by atoms with Gasteiger partial charge < -0.3 is 9.72 Å². The van der Waals surface area contributed by atoms with E-state index in [2.05, 4.69) is 63.2 Å². The first-order chi connectivity index (χ1) is 13.7. The van der Waals surface area contributed by atoms with E-state index in [9.17, 15) is 4.79 Å². The number of benzene rings is 2. The van der Waals surface area contributed by atoms with E-state index in [1.54, 1.807) is 0 Å². The molecule has 1 amide bonds. The Labute approximate surface area is 179 Å². The number of nitrogens with one attached hydrogen (secondary N) is 1. The summed E-state index contributed by atoms with van der Waals surface area (Å²) in [5.74, 6) is 0.811. The zero-order chi connectivity index (χ0) is 20.8. The van der Waals surface area contributed by atoms with Gasteiger partial charge in [-0.15, -0.1) is 0 Å². The molecule has 1 aliphatic heterocycles. The van der Waals surface area contributed by atoms with Crippen LogP contribution in [0.4, 0.5) is 4.79 Å². The molecule has 4 rings (SSSR count). The summed E-state index contributed by atoms with van der Waals surface area (Å²) in [4.78, 5) is 22.7. The number of H-pyrrole nitrogens is 1. The second kappa shape index (κ2) is 7.48. The molecular formula is C23H26BrN3O2. The molecule has 0 aliphatic carbocycles. The van der Waals surface area contributed by atoms with Crippen molar-refractivity contribution < 1.29 is 9.53 Å². The van der Waals surface area contributed by atoms with Crippen molar-refractivity contribution in [3.05, 3.63) is 52.9 Å². The number of hydrogen-bond donors (Lipinski definition) is 1. The molecule has 0 radical (unpaired) electrons. The maximum absolute atomic E-state index is 12.8. The fourth-order valence-corrected chi connectivity index (χ4v) is 4.29. The van der Waals surface area contributed by atoms with E-state index in [0.29, 0.717) is 0 Å². The van der Waals surface area contributed by atoms with Crippen LogP contribution in [0.15, 0.2) is 47.1 Å². The SMILES string of the molecule is C[C@H]1CC[C@@H](c2ncc(-c3ccc4cc(Br)ccc4c3)[nH]2)N1C(=O)OC(C)(C)C. The first-order valence-electron chi connectivity index (χ1n) is 9.97.